The number of hydrogen-bond donors (Lipinski definition) is 6. The molecule has 1 aliphatic rings. The molecule has 0 radical (unpaired) electrons. The fourth-order valence-corrected chi connectivity index (χ4v) is 11.6. The number of aliphatic hydroxyl groups excluding tert-OH is 5. The molecule has 6 N–H and O–H groups in total. The molecule has 0 bridgehead atoms. The third kappa shape index (κ3) is 60.7. The van der Waals surface area contributed by atoms with Crippen LogP contribution in [0.4, 0.5) is 0 Å². The number of unbranched alkanes of at least 4 members (excludes halogenated alkanes) is 33. The van der Waals surface area contributed by atoms with Crippen LogP contribution >= 0.6 is 0 Å². The van der Waals surface area contributed by atoms with Crippen LogP contribution in [0.1, 0.15) is 322 Å². The van der Waals surface area contributed by atoms with E-state index in [1.165, 1.54) is 173 Å². The van der Waals surface area contributed by atoms with Crippen molar-refractivity contribution in [3.63, 3.8) is 0 Å². The molecule has 0 spiro atoms. The molecule has 0 aromatic carbocycles. The molecule has 7 unspecified atom stereocenters. The summed E-state index contributed by atoms with van der Waals surface area (Å²) in [5, 5.41) is 54.9. The van der Waals surface area contributed by atoms with Gasteiger partial charge in [0.15, 0.2) is 6.29 Å². The molecule has 1 amide bonds. The number of carbonyl (C=O) groups excluding carboxylic acids is 1. The van der Waals surface area contributed by atoms with Crippen LogP contribution in [-0.2, 0) is 14.3 Å². The Balaban J connectivity index is 2.16. The van der Waals surface area contributed by atoms with Crippen LogP contribution in [0.3, 0.4) is 0 Å². The molecule has 542 valence electrons. The first kappa shape index (κ1) is 88.8. The second kappa shape index (κ2) is 72.6. The van der Waals surface area contributed by atoms with Crippen LogP contribution in [-0.4, -0.2) is 87.5 Å². The molecule has 0 saturated carbocycles. The molecule has 1 saturated heterocycles. The van der Waals surface area contributed by atoms with Gasteiger partial charge in [-0.1, -0.05) is 364 Å². The van der Waals surface area contributed by atoms with Gasteiger partial charge in [-0.3, -0.25) is 4.79 Å². The van der Waals surface area contributed by atoms with Gasteiger partial charge in [-0.25, -0.2) is 0 Å². The predicted molar refractivity (Wildman–Crippen MR) is 409 cm³/mol. The molecule has 1 rings (SSSR count). The fraction of sp³-hybridized carbons (Fsp3) is 0.686. The molecular formula is C86H145NO8. The zero-order valence-corrected chi connectivity index (χ0v) is 60.9. The van der Waals surface area contributed by atoms with Crippen molar-refractivity contribution in [3.05, 3.63) is 158 Å². The van der Waals surface area contributed by atoms with Crippen molar-refractivity contribution < 1.29 is 39.8 Å². The average Bonchev–Trinajstić information content (AvgIpc) is 0.836. The topological polar surface area (TPSA) is 149 Å². The summed E-state index contributed by atoms with van der Waals surface area (Å²) in [6, 6.07) is -0.833. The zero-order chi connectivity index (χ0) is 68.5. The van der Waals surface area contributed by atoms with Crippen LogP contribution in [0.2, 0.25) is 0 Å². The Morgan fingerprint density at radius 3 is 0.968 bits per heavy atom. The van der Waals surface area contributed by atoms with E-state index in [4.69, 9.17) is 9.47 Å². The summed E-state index contributed by atoms with van der Waals surface area (Å²) in [6.07, 6.45) is 107. The number of hydrogen-bond acceptors (Lipinski definition) is 8. The van der Waals surface area contributed by atoms with Gasteiger partial charge in [-0.05, 0) is 109 Å². The second-order valence-corrected chi connectivity index (χ2v) is 26.4. The van der Waals surface area contributed by atoms with Gasteiger partial charge in [0.25, 0.3) is 0 Å². The lowest BCUT2D eigenvalue weighted by Crippen LogP contribution is -2.60. The summed E-state index contributed by atoms with van der Waals surface area (Å²) < 4.78 is 11.3. The Bertz CT molecular complexity index is 2070. The first-order valence-electron chi connectivity index (χ1n) is 39.2. The quantitative estimate of drug-likeness (QED) is 0.0261. The third-order valence-electron chi connectivity index (χ3n) is 17.6. The van der Waals surface area contributed by atoms with Crippen LogP contribution < -0.4 is 5.32 Å². The van der Waals surface area contributed by atoms with Crippen molar-refractivity contribution in [2.24, 2.45) is 0 Å². The fourth-order valence-electron chi connectivity index (χ4n) is 11.6. The maximum Gasteiger partial charge on any atom is 0.220 e. The van der Waals surface area contributed by atoms with Crippen molar-refractivity contribution in [1.82, 2.24) is 5.32 Å². The van der Waals surface area contributed by atoms with E-state index in [2.05, 4.69) is 165 Å². The van der Waals surface area contributed by atoms with Gasteiger partial charge in [0.05, 0.1) is 25.4 Å². The molecule has 0 aromatic rings. The van der Waals surface area contributed by atoms with Crippen molar-refractivity contribution in [2.75, 3.05) is 13.2 Å². The highest BCUT2D eigenvalue weighted by molar-refractivity contribution is 5.76. The highest BCUT2D eigenvalue weighted by Crippen LogP contribution is 2.23. The third-order valence-corrected chi connectivity index (χ3v) is 17.6. The minimum Gasteiger partial charge on any atom is -0.394 e. The van der Waals surface area contributed by atoms with Gasteiger partial charge in [0.1, 0.15) is 24.4 Å². The maximum atomic E-state index is 13.2. The predicted octanol–water partition coefficient (Wildman–Crippen LogP) is 22.6. The molecule has 9 nitrogen and oxygen atoms in total. The Labute approximate surface area is 584 Å². The van der Waals surface area contributed by atoms with Gasteiger partial charge in [-0.15, -0.1) is 0 Å². The van der Waals surface area contributed by atoms with Gasteiger partial charge >= 0.3 is 0 Å². The minimum absolute atomic E-state index is 0.204. The lowest BCUT2D eigenvalue weighted by Gasteiger charge is -2.40. The van der Waals surface area contributed by atoms with E-state index < -0.39 is 49.5 Å². The highest BCUT2D eigenvalue weighted by Gasteiger charge is 2.44. The number of allylic oxidation sites excluding steroid dienone is 25. The van der Waals surface area contributed by atoms with Crippen molar-refractivity contribution in [3.8, 4) is 0 Å². The molecule has 0 aromatic heterocycles. The van der Waals surface area contributed by atoms with Crippen LogP contribution in [0.25, 0.3) is 0 Å². The van der Waals surface area contributed by atoms with E-state index in [0.29, 0.717) is 6.42 Å². The van der Waals surface area contributed by atoms with Gasteiger partial charge in [0, 0.05) is 6.42 Å². The van der Waals surface area contributed by atoms with Gasteiger partial charge in [-0.2, -0.15) is 0 Å². The smallest absolute Gasteiger partial charge is 0.220 e. The first-order chi connectivity index (χ1) is 46.8. The maximum absolute atomic E-state index is 13.2. The Morgan fingerprint density at radius 1 is 0.368 bits per heavy atom. The lowest BCUT2D eigenvalue weighted by atomic mass is 9.99. The van der Waals surface area contributed by atoms with Crippen molar-refractivity contribution in [1.29, 1.82) is 0 Å². The number of carbonyl (C=O) groups is 1. The molecule has 7 atom stereocenters. The van der Waals surface area contributed by atoms with Crippen LogP contribution in [0, 0.1) is 0 Å². The van der Waals surface area contributed by atoms with Gasteiger partial charge < -0.3 is 40.3 Å². The summed E-state index contributed by atoms with van der Waals surface area (Å²) in [7, 11) is 0. The SMILES string of the molecule is CC/C=C\C/C=C\C/C=C\C/C=C\C/C=C\C/C=C\C/C=C\C/C=C\C/C=C\C/C=C\C/C=C\C/C=C\CCCCCCC(=O)NC(COC1OC(CO)C(O)C(O)C1O)C(O)/C=C/CCCCCCCCCCCCCCCCCCCCCCCCCCCCCCC. The Hall–Kier alpha value is -4.19. The number of amides is 1. The summed E-state index contributed by atoms with van der Waals surface area (Å²) in [5.41, 5.74) is 0. The summed E-state index contributed by atoms with van der Waals surface area (Å²) in [5.74, 6) is -0.204. The van der Waals surface area contributed by atoms with E-state index in [-0.39, 0.29) is 12.5 Å². The molecule has 1 aliphatic heterocycles. The Kier molecular flexibility index (Phi) is 67.8. The number of nitrogens with one attached hydrogen (secondary N) is 1. The lowest BCUT2D eigenvalue weighted by molar-refractivity contribution is -0.302. The Morgan fingerprint density at radius 2 is 0.653 bits per heavy atom. The number of aliphatic hydroxyl groups is 5. The van der Waals surface area contributed by atoms with E-state index in [0.717, 1.165) is 128 Å². The van der Waals surface area contributed by atoms with Crippen LogP contribution in [0.5, 0.6) is 0 Å². The van der Waals surface area contributed by atoms with Crippen LogP contribution in [0.15, 0.2) is 158 Å². The van der Waals surface area contributed by atoms with E-state index in [9.17, 15) is 30.3 Å². The normalized spacial score (nSPS) is 18.4. The molecule has 95 heavy (non-hydrogen) atoms. The number of ether oxygens (including phenoxy) is 2. The molecule has 1 heterocycles. The van der Waals surface area contributed by atoms with Crippen molar-refractivity contribution in [2.45, 2.75) is 365 Å². The van der Waals surface area contributed by atoms with E-state index in [1.807, 2.05) is 6.08 Å². The molecule has 0 aliphatic carbocycles. The molecule has 1 fully saturated rings. The molecule has 9 heteroatoms. The first-order valence-corrected chi connectivity index (χ1v) is 39.2. The monoisotopic (exact) mass is 1320 g/mol. The second-order valence-electron chi connectivity index (χ2n) is 26.4. The highest BCUT2D eigenvalue weighted by atomic mass is 16.7. The van der Waals surface area contributed by atoms with E-state index >= 15 is 0 Å². The standard InChI is InChI=1S/C86H145NO8/c1-3-5-7-9-11-13-15-17-19-21-23-25-27-29-31-33-35-36-37-38-39-40-41-42-43-44-46-48-50-52-54-56-58-60-62-64-66-68-70-72-74-76-82(90)87-79(78-94-86-85(93)84(92)83(91)81(77-88)95-86)80(89)75-73-71-69-67-65-63-61-59-57-55-53-51-49-47-45-34-32-30-28-26-24-22-20-18-16-14-12-10-8-6-4-2/h5,7,11,13,17,19,23,25,29,31,35-36,38-39,41-42,44,46,50,52,56,58,62,64,73,75,79-81,83-86,88-89,91-93H,3-4,6,8-10,12,14-16,18,20-22,24,26-28,30,32-34,37,40,43,45,47-49,51,53-55,57,59-61,63,65-72,74,76-78H2,1-2H3,(H,87,90)/b7-5-,13-11-,19-17-,25-23-,31-29-,36-35-,39-38-,42-41-,46-44-,52-50-,58-56-,64-62-,75-73+. The number of rotatable bonds is 67. The summed E-state index contributed by atoms with van der Waals surface area (Å²) >= 11 is 0. The van der Waals surface area contributed by atoms with E-state index in [1.54, 1.807) is 6.08 Å². The molecular weight excluding hydrogens is 1170 g/mol. The summed E-state index contributed by atoms with van der Waals surface area (Å²) in [6.45, 7) is 3.68. The van der Waals surface area contributed by atoms with Gasteiger partial charge in [0.2, 0.25) is 5.91 Å². The minimum atomic E-state index is -1.58. The average molecular weight is 1320 g/mol. The van der Waals surface area contributed by atoms with Crippen molar-refractivity contribution >= 4 is 5.91 Å². The summed E-state index contributed by atoms with van der Waals surface area (Å²) in [4.78, 5) is 13.2. The zero-order valence-electron chi connectivity index (χ0n) is 60.9. The largest absolute Gasteiger partial charge is 0.394 e.